The van der Waals surface area contributed by atoms with Crippen LogP contribution in [0.2, 0.25) is 10.0 Å². The molecule has 0 aliphatic carbocycles. The first-order chi connectivity index (χ1) is 11.6. The molecule has 1 heterocycles. The van der Waals surface area contributed by atoms with Crippen LogP contribution in [0.5, 0.6) is 11.5 Å². The fourth-order valence-corrected chi connectivity index (χ4v) is 3.02. The monoisotopic (exact) mass is 365 g/mol. The molecule has 1 aliphatic heterocycles. The second-order valence-corrected chi connectivity index (χ2v) is 6.28. The third kappa shape index (κ3) is 4.13. The number of fused-ring (bicyclic) bond motifs is 1. The summed E-state index contributed by atoms with van der Waals surface area (Å²) in [6.45, 7) is 1.53. The Morgan fingerprint density at radius 1 is 1.08 bits per heavy atom. The number of halogens is 2. The van der Waals surface area contributed by atoms with E-state index in [4.69, 9.17) is 32.7 Å². The summed E-state index contributed by atoms with van der Waals surface area (Å²) in [5.74, 6) is 1.19. The molecule has 6 heteroatoms. The van der Waals surface area contributed by atoms with Gasteiger partial charge in [-0.2, -0.15) is 0 Å². The van der Waals surface area contributed by atoms with Crippen molar-refractivity contribution in [1.82, 2.24) is 5.32 Å². The first-order valence-electron chi connectivity index (χ1n) is 7.71. The summed E-state index contributed by atoms with van der Waals surface area (Å²) in [6, 6.07) is 11.1. The van der Waals surface area contributed by atoms with Crippen LogP contribution < -0.4 is 14.8 Å². The Bertz CT molecular complexity index is 749. The minimum Gasteiger partial charge on any atom is -0.486 e. The van der Waals surface area contributed by atoms with Gasteiger partial charge in [-0.15, -0.1) is 0 Å². The zero-order chi connectivity index (χ0) is 16.9. The summed E-state index contributed by atoms with van der Waals surface area (Å²) >= 11 is 12.3. The van der Waals surface area contributed by atoms with Crippen molar-refractivity contribution in [2.75, 3.05) is 19.8 Å². The van der Waals surface area contributed by atoms with E-state index < -0.39 is 0 Å². The van der Waals surface area contributed by atoms with Crippen molar-refractivity contribution in [1.29, 1.82) is 0 Å². The number of ether oxygens (including phenoxy) is 2. The molecule has 0 spiro atoms. The van der Waals surface area contributed by atoms with Crippen molar-refractivity contribution in [3.05, 3.63) is 57.6 Å². The van der Waals surface area contributed by atoms with E-state index in [1.54, 1.807) is 6.07 Å². The molecule has 0 saturated carbocycles. The average molecular weight is 366 g/mol. The molecule has 2 aromatic carbocycles. The zero-order valence-corrected chi connectivity index (χ0v) is 14.5. The highest BCUT2D eigenvalue weighted by atomic mass is 35.5. The van der Waals surface area contributed by atoms with E-state index in [-0.39, 0.29) is 12.3 Å². The number of carbonyl (C=O) groups is 1. The molecule has 0 saturated heterocycles. The van der Waals surface area contributed by atoms with Crippen molar-refractivity contribution in [3.63, 3.8) is 0 Å². The van der Waals surface area contributed by atoms with Gasteiger partial charge in [0.15, 0.2) is 11.5 Å². The first-order valence-corrected chi connectivity index (χ1v) is 8.47. The Morgan fingerprint density at radius 2 is 1.88 bits per heavy atom. The van der Waals surface area contributed by atoms with Crippen LogP contribution >= 0.6 is 23.2 Å². The molecule has 0 radical (unpaired) electrons. The average Bonchev–Trinajstić information content (AvgIpc) is 2.57. The highest BCUT2D eigenvalue weighted by Gasteiger charge is 2.16. The topological polar surface area (TPSA) is 47.6 Å². The van der Waals surface area contributed by atoms with E-state index in [0.717, 1.165) is 11.1 Å². The number of carbonyl (C=O) groups excluding carboxylic acids is 1. The lowest BCUT2D eigenvalue weighted by molar-refractivity contribution is -0.120. The summed E-state index contributed by atoms with van der Waals surface area (Å²) in [6.07, 6.45) is 0.923. The fourth-order valence-electron chi connectivity index (χ4n) is 2.53. The second kappa shape index (κ2) is 7.77. The smallest absolute Gasteiger partial charge is 0.224 e. The first kappa shape index (κ1) is 16.9. The number of hydrogen-bond acceptors (Lipinski definition) is 3. The Hall–Kier alpha value is -1.91. The molecule has 0 atom stereocenters. The van der Waals surface area contributed by atoms with Gasteiger partial charge in [-0.25, -0.2) is 0 Å². The van der Waals surface area contributed by atoms with Crippen molar-refractivity contribution in [3.8, 4) is 11.5 Å². The van der Waals surface area contributed by atoms with Crippen LogP contribution in [0.15, 0.2) is 36.4 Å². The summed E-state index contributed by atoms with van der Waals surface area (Å²) in [7, 11) is 0. The molecule has 1 amide bonds. The Kier molecular flexibility index (Phi) is 5.48. The van der Waals surface area contributed by atoms with Crippen LogP contribution in [0.3, 0.4) is 0 Å². The molecule has 0 aromatic heterocycles. The molecule has 0 fully saturated rings. The lowest BCUT2D eigenvalue weighted by atomic mass is 10.1. The molecule has 4 nitrogen and oxygen atoms in total. The minimum atomic E-state index is -0.0632. The highest BCUT2D eigenvalue weighted by Crippen LogP contribution is 2.38. The van der Waals surface area contributed by atoms with Gasteiger partial charge in [0.25, 0.3) is 0 Å². The number of amides is 1. The number of benzene rings is 2. The maximum atomic E-state index is 12.0. The van der Waals surface area contributed by atoms with Crippen molar-refractivity contribution in [2.24, 2.45) is 0 Å². The summed E-state index contributed by atoms with van der Waals surface area (Å²) < 4.78 is 11.0. The minimum absolute atomic E-state index is 0.0632. The summed E-state index contributed by atoms with van der Waals surface area (Å²) in [4.78, 5) is 12.0. The zero-order valence-electron chi connectivity index (χ0n) is 13.0. The number of nitrogens with one attached hydrogen (secondary N) is 1. The highest BCUT2D eigenvalue weighted by molar-refractivity contribution is 6.32. The Labute approximate surface area is 150 Å². The molecule has 1 aliphatic rings. The maximum absolute atomic E-state index is 12.0. The summed E-state index contributed by atoms with van der Waals surface area (Å²) in [5.41, 5.74) is 1.81. The van der Waals surface area contributed by atoms with Crippen LogP contribution in [0.1, 0.15) is 11.1 Å². The Morgan fingerprint density at radius 3 is 2.71 bits per heavy atom. The largest absolute Gasteiger partial charge is 0.486 e. The van der Waals surface area contributed by atoms with E-state index in [2.05, 4.69) is 5.32 Å². The van der Waals surface area contributed by atoms with E-state index in [1.807, 2.05) is 30.3 Å². The standard InChI is InChI=1S/C18H17Cl2NO3/c19-14-4-2-1-3-13(14)11-17(22)21-6-5-12-9-15(20)18-16(10-12)23-7-8-24-18/h1-4,9-10H,5-8,11H2,(H,21,22). The molecule has 0 bridgehead atoms. The number of hydrogen-bond donors (Lipinski definition) is 1. The van der Waals surface area contributed by atoms with Crippen LogP contribution in [-0.2, 0) is 17.6 Å². The van der Waals surface area contributed by atoms with Crippen LogP contribution in [-0.4, -0.2) is 25.7 Å². The SMILES string of the molecule is O=C(Cc1ccccc1Cl)NCCc1cc(Cl)c2c(c1)OCCO2. The quantitative estimate of drug-likeness (QED) is 0.879. The Balaban J connectivity index is 1.54. The van der Waals surface area contributed by atoms with E-state index in [9.17, 15) is 4.79 Å². The second-order valence-electron chi connectivity index (χ2n) is 5.47. The van der Waals surface area contributed by atoms with Gasteiger partial charge in [-0.3, -0.25) is 4.79 Å². The molecule has 0 unspecified atom stereocenters. The molecule has 2 aromatic rings. The predicted octanol–water partition coefficient (Wildman–Crippen LogP) is 3.67. The van der Waals surface area contributed by atoms with Gasteiger partial charge in [-0.1, -0.05) is 41.4 Å². The van der Waals surface area contributed by atoms with Gasteiger partial charge in [0.2, 0.25) is 5.91 Å². The van der Waals surface area contributed by atoms with E-state index in [0.29, 0.717) is 47.7 Å². The van der Waals surface area contributed by atoms with Gasteiger partial charge in [0.05, 0.1) is 11.4 Å². The van der Waals surface area contributed by atoms with E-state index >= 15 is 0 Å². The number of rotatable bonds is 5. The van der Waals surface area contributed by atoms with Gasteiger partial charge in [-0.05, 0) is 35.7 Å². The lowest BCUT2D eigenvalue weighted by Crippen LogP contribution is -2.27. The van der Waals surface area contributed by atoms with Crippen molar-refractivity contribution in [2.45, 2.75) is 12.8 Å². The van der Waals surface area contributed by atoms with Gasteiger partial charge < -0.3 is 14.8 Å². The van der Waals surface area contributed by atoms with Crippen molar-refractivity contribution >= 4 is 29.1 Å². The molecule has 24 heavy (non-hydrogen) atoms. The molecule has 126 valence electrons. The summed E-state index contributed by atoms with van der Waals surface area (Å²) in [5, 5.41) is 4.03. The third-order valence-corrected chi connectivity index (χ3v) is 4.35. The maximum Gasteiger partial charge on any atom is 0.224 e. The molecule has 1 N–H and O–H groups in total. The molecular weight excluding hydrogens is 349 g/mol. The van der Waals surface area contributed by atoms with Gasteiger partial charge >= 0.3 is 0 Å². The lowest BCUT2D eigenvalue weighted by Gasteiger charge is -2.20. The van der Waals surface area contributed by atoms with Crippen LogP contribution in [0, 0.1) is 0 Å². The van der Waals surface area contributed by atoms with Crippen LogP contribution in [0.25, 0.3) is 0 Å². The van der Waals surface area contributed by atoms with Crippen LogP contribution in [0.4, 0.5) is 0 Å². The molecule has 3 rings (SSSR count). The predicted molar refractivity (Wildman–Crippen MR) is 94.3 cm³/mol. The van der Waals surface area contributed by atoms with E-state index in [1.165, 1.54) is 0 Å². The normalized spacial score (nSPS) is 12.8. The third-order valence-electron chi connectivity index (χ3n) is 3.70. The van der Waals surface area contributed by atoms with Gasteiger partial charge in [0.1, 0.15) is 13.2 Å². The van der Waals surface area contributed by atoms with Gasteiger partial charge in [0, 0.05) is 11.6 Å². The van der Waals surface area contributed by atoms with Crippen molar-refractivity contribution < 1.29 is 14.3 Å². The fraction of sp³-hybridized carbons (Fsp3) is 0.278. The molecular formula is C18H17Cl2NO3.